The lowest BCUT2D eigenvalue weighted by atomic mass is 9.61. The maximum Gasteiger partial charge on any atom is 0.228 e. The van der Waals surface area contributed by atoms with E-state index in [4.69, 9.17) is 4.74 Å². The van der Waals surface area contributed by atoms with Crippen molar-refractivity contribution in [1.29, 1.82) is 0 Å². The Morgan fingerprint density at radius 2 is 2.13 bits per heavy atom. The second-order valence-electron chi connectivity index (χ2n) is 9.01. The normalized spacial score (nSPS) is 29.3. The molecule has 3 aliphatic rings. The van der Waals surface area contributed by atoms with E-state index in [1.807, 2.05) is 0 Å². The van der Waals surface area contributed by atoms with Gasteiger partial charge in [-0.05, 0) is 38.0 Å². The van der Waals surface area contributed by atoms with Crippen molar-refractivity contribution < 1.29 is 13.9 Å². The van der Waals surface area contributed by atoms with Crippen molar-refractivity contribution >= 4 is 17.7 Å². The molecule has 0 radical (unpaired) electrons. The number of morpholine rings is 1. The largest absolute Gasteiger partial charge is 0.379 e. The highest BCUT2D eigenvalue weighted by Crippen LogP contribution is 2.48. The summed E-state index contributed by atoms with van der Waals surface area (Å²) >= 11 is 0. The standard InChI is InChI=1S/C22H35FN6O2/c1-3-7-25-20(30)22-6-4-17(28-9-11-31-12-10-28)13-16(22)5-8-29(15-22)21-26-14-18(23)19(24-2)27-21/h14,16-17H,3-13,15H2,1-2H3,(H,25,30)(H,24,26,27)/t16-,17+,22-/m1/s1. The van der Waals surface area contributed by atoms with E-state index >= 15 is 0 Å². The van der Waals surface area contributed by atoms with Gasteiger partial charge in [-0.25, -0.2) is 9.37 Å². The fourth-order valence-corrected chi connectivity index (χ4v) is 5.55. The van der Waals surface area contributed by atoms with E-state index in [2.05, 4.69) is 37.3 Å². The van der Waals surface area contributed by atoms with Crippen LogP contribution in [-0.4, -0.2) is 79.8 Å². The summed E-state index contributed by atoms with van der Waals surface area (Å²) in [4.78, 5) is 26.7. The van der Waals surface area contributed by atoms with Gasteiger partial charge in [0, 0.05) is 45.8 Å². The molecule has 0 spiro atoms. The first-order chi connectivity index (χ1) is 15.1. The van der Waals surface area contributed by atoms with Gasteiger partial charge in [-0.3, -0.25) is 9.69 Å². The Morgan fingerprint density at radius 1 is 1.32 bits per heavy atom. The van der Waals surface area contributed by atoms with Crippen LogP contribution in [0.5, 0.6) is 0 Å². The number of ether oxygens (including phenoxy) is 1. The lowest BCUT2D eigenvalue weighted by Gasteiger charge is -2.53. The molecule has 31 heavy (non-hydrogen) atoms. The second-order valence-corrected chi connectivity index (χ2v) is 9.01. The Morgan fingerprint density at radius 3 is 2.87 bits per heavy atom. The Hall–Kier alpha value is -2.00. The van der Waals surface area contributed by atoms with Gasteiger partial charge in [0.1, 0.15) is 0 Å². The highest BCUT2D eigenvalue weighted by molar-refractivity contribution is 5.84. The van der Waals surface area contributed by atoms with Gasteiger partial charge >= 0.3 is 0 Å². The van der Waals surface area contributed by atoms with Crippen LogP contribution in [0.4, 0.5) is 16.2 Å². The number of nitrogens with one attached hydrogen (secondary N) is 2. The molecule has 1 aromatic heterocycles. The Kier molecular flexibility index (Phi) is 6.91. The molecule has 8 nitrogen and oxygen atoms in total. The van der Waals surface area contributed by atoms with E-state index in [-0.39, 0.29) is 11.7 Å². The molecule has 3 atom stereocenters. The van der Waals surface area contributed by atoms with Crippen LogP contribution in [0.3, 0.4) is 0 Å². The molecular weight excluding hydrogens is 399 g/mol. The van der Waals surface area contributed by atoms with Gasteiger partial charge in [-0.15, -0.1) is 0 Å². The van der Waals surface area contributed by atoms with Crippen LogP contribution >= 0.6 is 0 Å². The number of aromatic nitrogens is 2. The van der Waals surface area contributed by atoms with Crippen molar-refractivity contribution in [3.8, 4) is 0 Å². The first kappa shape index (κ1) is 22.2. The molecule has 2 aliphatic heterocycles. The van der Waals surface area contributed by atoms with Gasteiger partial charge in [0.25, 0.3) is 0 Å². The van der Waals surface area contributed by atoms with Gasteiger partial charge in [0.15, 0.2) is 11.6 Å². The van der Waals surface area contributed by atoms with Crippen LogP contribution in [0.2, 0.25) is 0 Å². The summed E-state index contributed by atoms with van der Waals surface area (Å²) in [5, 5.41) is 5.96. The Labute approximate surface area is 183 Å². The summed E-state index contributed by atoms with van der Waals surface area (Å²) in [5.41, 5.74) is -0.451. The third-order valence-electron chi connectivity index (χ3n) is 7.28. The van der Waals surface area contributed by atoms with Crippen molar-refractivity contribution in [3.05, 3.63) is 12.0 Å². The van der Waals surface area contributed by atoms with Crippen LogP contribution in [0.25, 0.3) is 0 Å². The van der Waals surface area contributed by atoms with E-state index in [1.54, 1.807) is 7.05 Å². The van der Waals surface area contributed by atoms with Gasteiger partial charge in [0.05, 0.1) is 24.8 Å². The van der Waals surface area contributed by atoms with Crippen LogP contribution in [0.1, 0.15) is 39.0 Å². The molecule has 2 saturated heterocycles. The molecular formula is C22H35FN6O2. The summed E-state index contributed by atoms with van der Waals surface area (Å²) < 4.78 is 19.4. The molecule has 0 unspecified atom stereocenters. The molecule has 1 aromatic rings. The maximum absolute atomic E-state index is 13.9. The average Bonchev–Trinajstić information content (AvgIpc) is 2.82. The topological polar surface area (TPSA) is 82.6 Å². The summed E-state index contributed by atoms with van der Waals surface area (Å²) in [5.74, 6) is 0.684. The molecule has 2 N–H and O–H groups in total. The van der Waals surface area contributed by atoms with Crippen LogP contribution in [0, 0.1) is 17.2 Å². The number of fused-ring (bicyclic) bond motifs is 1. The summed E-state index contributed by atoms with van der Waals surface area (Å²) in [7, 11) is 1.65. The van der Waals surface area contributed by atoms with E-state index in [0.717, 1.165) is 65.0 Å². The van der Waals surface area contributed by atoms with Gasteiger partial charge in [-0.1, -0.05) is 6.92 Å². The van der Waals surface area contributed by atoms with Crippen LogP contribution < -0.4 is 15.5 Å². The molecule has 3 fully saturated rings. The minimum Gasteiger partial charge on any atom is -0.379 e. The molecule has 9 heteroatoms. The number of hydrogen-bond acceptors (Lipinski definition) is 7. The van der Waals surface area contributed by atoms with Gasteiger partial charge in [-0.2, -0.15) is 4.98 Å². The number of anilines is 2. The molecule has 1 aliphatic carbocycles. The second kappa shape index (κ2) is 9.65. The van der Waals surface area contributed by atoms with E-state index in [9.17, 15) is 9.18 Å². The van der Waals surface area contributed by atoms with E-state index < -0.39 is 11.2 Å². The van der Waals surface area contributed by atoms with Crippen molar-refractivity contribution in [2.45, 2.75) is 45.1 Å². The Bertz CT molecular complexity index is 774. The van der Waals surface area contributed by atoms with Gasteiger partial charge < -0.3 is 20.3 Å². The fraction of sp³-hybridized carbons (Fsp3) is 0.773. The number of hydrogen-bond donors (Lipinski definition) is 2. The van der Waals surface area contributed by atoms with Crippen molar-refractivity contribution in [2.24, 2.45) is 11.3 Å². The van der Waals surface area contributed by atoms with Crippen molar-refractivity contribution in [1.82, 2.24) is 20.2 Å². The highest BCUT2D eigenvalue weighted by Gasteiger charge is 2.53. The minimum atomic E-state index is -0.470. The number of carbonyl (C=O) groups is 1. The SMILES string of the molecule is CCCNC(=O)[C@@]12CC[C@H](N3CCOCC3)C[C@H]1CCN(c1ncc(F)c(NC)n1)C2. The quantitative estimate of drug-likeness (QED) is 0.707. The summed E-state index contributed by atoms with van der Waals surface area (Å²) in [6.45, 7) is 7.68. The zero-order valence-corrected chi connectivity index (χ0v) is 18.7. The first-order valence-corrected chi connectivity index (χ1v) is 11.6. The number of carbonyl (C=O) groups excluding carboxylic acids is 1. The fourth-order valence-electron chi connectivity index (χ4n) is 5.55. The van der Waals surface area contributed by atoms with Crippen molar-refractivity contribution in [2.75, 3.05) is 63.2 Å². The smallest absolute Gasteiger partial charge is 0.228 e. The maximum atomic E-state index is 13.9. The van der Waals surface area contributed by atoms with Crippen molar-refractivity contribution in [3.63, 3.8) is 0 Å². The molecule has 1 saturated carbocycles. The average molecular weight is 435 g/mol. The third kappa shape index (κ3) is 4.48. The number of amides is 1. The Balaban J connectivity index is 1.55. The summed E-state index contributed by atoms with van der Waals surface area (Å²) in [6.07, 6.45) is 5.94. The number of nitrogens with zero attached hydrogens (tertiary/aromatic N) is 4. The highest BCUT2D eigenvalue weighted by atomic mass is 19.1. The van der Waals surface area contributed by atoms with Gasteiger partial charge in [0.2, 0.25) is 11.9 Å². The predicted octanol–water partition coefficient (Wildman–Crippen LogP) is 1.88. The lowest BCUT2D eigenvalue weighted by Crippen LogP contribution is -2.61. The minimum absolute atomic E-state index is 0.153. The van der Waals surface area contributed by atoms with E-state index in [0.29, 0.717) is 31.0 Å². The third-order valence-corrected chi connectivity index (χ3v) is 7.28. The monoisotopic (exact) mass is 434 g/mol. The predicted molar refractivity (Wildman–Crippen MR) is 118 cm³/mol. The molecule has 3 heterocycles. The molecule has 172 valence electrons. The zero-order chi connectivity index (χ0) is 21.8. The molecule has 0 aromatic carbocycles. The van der Waals surface area contributed by atoms with E-state index in [1.165, 1.54) is 6.20 Å². The molecule has 1 amide bonds. The van der Waals surface area contributed by atoms with Crippen LogP contribution in [-0.2, 0) is 9.53 Å². The number of piperidine rings is 1. The van der Waals surface area contributed by atoms with Crippen LogP contribution in [0.15, 0.2) is 6.20 Å². The first-order valence-electron chi connectivity index (χ1n) is 11.6. The number of rotatable bonds is 6. The molecule has 4 rings (SSSR count). The lowest BCUT2D eigenvalue weighted by molar-refractivity contribution is -0.139. The molecule has 0 bridgehead atoms. The summed E-state index contributed by atoms with van der Waals surface area (Å²) in [6, 6.07) is 0.519. The number of halogens is 1. The zero-order valence-electron chi connectivity index (χ0n) is 18.7.